The summed E-state index contributed by atoms with van der Waals surface area (Å²) in [6.45, 7) is 9.90. The molecule has 0 saturated carbocycles. The monoisotopic (exact) mass is 511 g/mol. The first-order chi connectivity index (χ1) is 17.6. The van der Waals surface area contributed by atoms with E-state index < -0.39 is 35.2 Å². The van der Waals surface area contributed by atoms with Gasteiger partial charge in [-0.25, -0.2) is 8.78 Å². The van der Waals surface area contributed by atoms with Gasteiger partial charge in [0.05, 0.1) is 5.56 Å². The molecule has 0 unspecified atom stereocenters. The van der Waals surface area contributed by atoms with Crippen LogP contribution in [0.4, 0.5) is 8.78 Å². The summed E-state index contributed by atoms with van der Waals surface area (Å²) in [5.41, 5.74) is 0.371. The van der Waals surface area contributed by atoms with Crippen molar-refractivity contribution in [2.75, 3.05) is 26.2 Å². The maximum Gasteiger partial charge on any atom is 0.255 e. The van der Waals surface area contributed by atoms with Crippen LogP contribution in [0.5, 0.6) is 5.75 Å². The molecule has 0 bridgehead atoms. The lowest BCUT2D eigenvalue weighted by Crippen LogP contribution is -2.53. The van der Waals surface area contributed by atoms with Gasteiger partial charge in [-0.3, -0.25) is 9.69 Å². The predicted molar refractivity (Wildman–Crippen MR) is 139 cm³/mol. The SMILES string of the molecule is CCC1CN(CCOc2cc(F)c([C@@H]3c4[nH]c5ccccc5c4C[C@@H](C)N3C(=O)C(C)(C)O)c(F)c2)C1. The zero-order valence-electron chi connectivity index (χ0n) is 21.9. The van der Waals surface area contributed by atoms with Gasteiger partial charge in [0, 0.05) is 54.4 Å². The molecule has 2 N–H and O–H groups in total. The van der Waals surface area contributed by atoms with Gasteiger partial charge in [0.25, 0.3) is 5.91 Å². The number of ether oxygens (including phenoxy) is 1. The molecule has 1 saturated heterocycles. The fourth-order valence-corrected chi connectivity index (χ4v) is 5.69. The summed E-state index contributed by atoms with van der Waals surface area (Å²) < 4.78 is 37.1. The van der Waals surface area contributed by atoms with E-state index in [1.54, 1.807) is 0 Å². The fourth-order valence-electron chi connectivity index (χ4n) is 5.69. The van der Waals surface area contributed by atoms with Gasteiger partial charge in [0.1, 0.15) is 35.6 Å². The molecular formula is C29H35F2N3O3. The second-order valence-electron chi connectivity index (χ2n) is 11.0. The highest BCUT2D eigenvalue weighted by atomic mass is 19.1. The number of halogens is 2. The van der Waals surface area contributed by atoms with Crippen molar-refractivity contribution in [2.45, 2.75) is 58.2 Å². The highest BCUT2D eigenvalue weighted by Crippen LogP contribution is 2.43. The van der Waals surface area contributed by atoms with E-state index in [-0.39, 0.29) is 11.3 Å². The third kappa shape index (κ3) is 4.73. The molecule has 37 heavy (non-hydrogen) atoms. The van der Waals surface area contributed by atoms with Crippen LogP contribution >= 0.6 is 0 Å². The number of hydrogen-bond donors (Lipinski definition) is 2. The number of para-hydroxylation sites is 1. The van der Waals surface area contributed by atoms with Gasteiger partial charge in [-0.2, -0.15) is 0 Å². The van der Waals surface area contributed by atoms with Crippen molar-refractivity contribution in [3.05, 3.63) is 64.9 Å². The molecule has 6 nitrogen and oxygen atoms in total. The fraction of sp³-hybridized carbons (Fsp3) is 0.483. The molecule has 1 amide bonds. The number of aliphatic hydroxyl groups is 1. The summed E-state index contributed by atoms with van der Waals surface area (Å²) >= 11 is 0. The summed E-state index contributed by atoms with van der Waals surface area (Å²) in [5, 5.41) is 11.5. The van der Waals surface area contributed by atoms with E-state index in [4.69, 9.17) is 4.74 Å². The smallest absolute Gasteiger partial charge is 0.255 e. The Hall–Kier alpha value is -2.97. The molecule has 8 heteroatoms. The van der Waals surface area contributed by atoms with Crippen molar-refractivity contribution in [1.29, 1.82) is 0 Å². The average molecular weight is 512 g/mol. The van der Waals surface area contributed by atoms with Gasteiger partial charge in [-0.15, -0.1) is 0 Å². The Morgan fingerprint density at radius 1 is 1.19 bits per heavy atom. The Morgan fingerprint density at radius 2 is 1.86 bits per heavy atom. The molecule has 3 heterocycles. The number of fused-ring (bicyclic) bond motifs is 3. The van der Waals surface area contributed by atoms with Crippen LogP contribution in [0.15, 0.2) is 36.4 Å². The number of aromatic nitrogens is 1. The average Bonchev–Trinajstić information content (AvgIpc) is 3.17. The number of carbonyl (C=O) groups excluding carboxylic acids is 1. The van der Waals surface area contributed by atoms with Crippen molar-refractivity contribution in [1.82, 2.24) is 14.8 Å². The van der Waals surface area contributed by atoms with Crippen molar-refractivity contribution < 1.29 is 23.4 Å². The number of carbonyl (C=O) groups is 1. The summed E-state index contributed by atoms with van der Waals surface area (Å²) in [5.74, 6) is -1.33. The molecule has 0 aliphatic carbocycles. The Bertz CT molecular complexity index is 1290. The molecule has 5 rings (SSSR count). The van der Waals surface area contributed by atoms with Crippen molar-refractivity contribution in [3.8, 4) is 5.75 Å². The van der Waals surface area contributed by atoms with Crippen LogP contribution in [0.2, 0.25) is 0 Å². The molecule has 2 aliphatic heterocycles. The van der Waals surface area contributed by atoms with Gasteiger partial charge in [0.15, 0.2) is 0 Å². The largest absolute Gasteiger partial charge is 0.492 e. The third-order valence-corrected chi connectivity index (χ3v) is 7.74. The van der Waals surface area contributed by atoms with Gasteiger partial charge in [0.2, 0.25) is 0 Å². The van der Waals surface area contributed by atoms with Crippen LogP contribution in [-0.4, -0.2) is 63.7 Å². The minimum Gasteiger partial charge on any atom is -0.492 e. The molecule has 0 radical (unpaired) electrons. The topological polar surface area (TPSA) is 68.8 Å². The second kappa shape index (κ2) is 9.72. The molecule has 1 fully saturated rings. The van der Waals surface area contributed by atoms with Crippen LogP contribution < -0.4 is 4.74 Å². The first kappa shape index (κ1) is 25.7. The molecule has 2 aliphatic rings. The second-order valence-corrected chi connectivity index (χ2v) is 11.0. The van der Waals surface area contributed by atoms with E-state index in [2.05, 4.69) is 16.8 Å². The Kier molecular flexibility index (Phi) is 6.75. The van der Waals surface area contributed by atoms with Crippen molar-refractivity contribution >= 4 is 16.8 Å². The lowest BCUT2D eigenvalue weighted by atomic mass is 9.86. The van der Waals surface area contributed by atoms with Crippen LogP contribution in [0, 0.1) is 17.6 Å². The van der Waals surface area contributed by atoms with Gasteiger partial charge < -0.3 is 19.7 Å². The maximum atomic E-state index is 15.7. The molecule has 0 spiro atoms. The number of amides is 1. The van der Waals surface area contributed by atoms with Crippen molar-refractivity contribution in [2.24, 2.45) is 5.92 Å². The lowest BCUT2D eigenvalue weighted by Gasteiger charge is -2.43. The minimum atomic E-state index is -1.71. The lowest BCUT2D eigenvalue weighted by molar-refractivity contribution is -0.152. The minimum absolute atomic E-state index is 0.118. The zero-order chi connectivity index (χ0) is 26.5. The molecule has 1 aromatic heterocycles. The summed E-state index contributed by atoms with van der Waals surface area (Å²) in [7, 11) is 0. The number of nitrogens with one attached hydrogen (secondary N) is 1. The number of rotatable bonds is 7. The van der Waals surface area contributed by atoms with E-state index in [9.17, 15) is 9.90 Å². The molecule has 198 valence electrons. The van der Waals surface area contributed by atoms with Crippen molar-refractivity contribution in [3.63, 3.8) is 0 Å². The van der Waals surface area contributed by atoms with E-state index >= 15 is 8.78 Å². The van der Waals surface area contributed by atoms with E-state index in [1.807, 2.05) is 31.2 Å². The van der Waals surface area contributed by atoms with Gasteiger partial charge in [-0.05, 0) is 44.7 Å². The van der Waals surface area contributed by atoms with Crippen LogP contribution in [0.3, 0.4) is 0 Å². The highest BCUT2D eigenvalue weighted by Gasteiger charge is 2.44. The highest BCUT2D eigenvalue weighted by molar-refractivity contribution is 5.89. The summed E-state index contributed by atoms with van der Waals surface area (Å²) in [6, 6.07) is 8.60. The number of H-pyrrole nitrogens is 1. The van der Waals surface area contributed by atoms with E-state index in [1.165, 1.54) is 30.9 Å². The number of hydrogen-bond acceptors (Lipinski definition) is 4. The quantitative estimate of drug-likeness (QED) is 0.478. The predicted octanol–water partition coefficient (Wildman–Crippen LogP) is 4.80. The Balaban J connectivity index is 1.50. The maximum absolute atomic E-state index is 15.7. The Morgan fingerprint density at radius 3 is 2.51 bits per heavy atom. The van der Waals surface area contributed by atoms with E-state index in [0.29, 0.717) is 25.3 Å². The van der Waals surface area contributed by atoms with Crippen LogP contribution in [0.1, 0.15) is 57.0 Å². The number of benzene rings is 2. The van der Waals surface area contributed by atoms with Gasteiger partial charge >= 0.3 is 0 Å². The Labute approximate surface area is 216 Å². The summed E-state index contributed by atoms with van der Waals surface area (Å²) in [4.78, 5) is 20.4. The van der Waals surface area contributed by atoms with Crippen LogP contribution in [-0.2, 0) is 11.2 Å². The molecular weight excluding hydrogens is 476 g/mol. The molecule has 2 atom stereocenters. The standard InChI is InChI=1S/C29H35F2N3O3/c1-5-18-15-33(16-18)10-11-37-19-13-22(30)25(23(31)14-19)27-26-21(20-8-6-7-9-24(20)32-26)12-17(2)34(27)28(35)29(3,4)36/h6-9,13-14,17-18,27,32,36H,5,10-12,15-16H2,1-4H3/t17-,27-/m1/s1. The number of nitrogens with zero attached hydrogens (tertiary/aromatic N) is 2. The third-order valence-electron chi connectivity index (χ3n) is 7.74. The van der Waals surface area contributed by atoms with E-state index in [0.717, 1.165) is 41.9 Å². The number of aromatic amines is 1. The first-order valence-corrected chi connectivity index (χ1v) is 13.1. The zero-order valence-corrected chi connectivity index (χ0v) is 21.9. The van der Waals surface area contributed by atoms with Crippen LogP contribution in [0.25, 0.3) is 10.9 Å². The summed E-state index contributed by atoms with van der Waals surface area (Å²) in [6.07, 6.45) is 1.65. The molecule has 3 aromatic rings. The first-order valence-electron chi connectivity index (χ1n) is 13.1. The molecule has 2 aromatic carbocycles. The number of likely N-dealkylation sites (tertiary alicyclic amines) is 1. The van der Waals surface area contributed by atoms with Gasteiger partial charge in [-0.1, -0.05) is 31.5 Å². The normalized spacial score (nSPS) is 20.7.